The number of imidazole rings is 1. The van der Waals surface area contributed by atoms with Crippen LogP contribution in [0.4, 0.5) is 0 Å². The van der Waals surface area contributed by atoms with Gasteiger partial charge in [-0.3, -0.25) is 9.59 Å². The number of fused-ring (bicyclic) bond motifs is 1. The van der Waals surface area contributed by atoms with E-state index in [2.05, 4.69) is 33.1 Å². The van der Waals surface area contributed by atoms with Crippen LogP contribution in [0.25, 0.3) is 11.0 Å². The van der Waals surface area contributed by atoms with Crippen molar-refractivity contribution in [3.05, 3.63) is 66.0 Å². The lowest BCUT2D eigenvalue weighted by molar-refractivity contribution is -0.142. The van der Waals surface area contributed by atoms with E-state index < -0.39 is 0 Å². The average molecular weight is 445 g/mol. The maximum absolute atomic E-state index is 13.0. The fourth-order valence-corrected chi connectivity index (χ4v) is 5.37. The fraction of sp³-hybridized carbons (Fsp3) is 0.444. The van der Waals surface area contributed by atoms with Gasteiger partial charge in [0.25, 0.3) is 0 Å². The molecule has 0 bridgehead atoms. The van der Waals surface area contributed by atoms with Crippen molar-refractivity contribution < 1.29 is 9.59 Å². The molecule has 3 aromatic rings. The summed E-state index contributed by atoms with van der Waals surface area (Å²) in [5, 5.41) is 3.09. The minimum atomic E-state index is -0.320. The summed E-state index contributed by atoms with van der Waals surface area (Å²) in [6, 6.07) is 16.1. The Morgan fingerprint density at radius 2 is 1.76 bits per heavy atom. The van der Waals surface area contributed by atoms with E-state index in [4.69, 9.17) is 0 Å². The molecule has 5 rings (SSSR count). The van der Waals surface area contributed by atoms with Crippen molar-refractivity contribution in [3.63, 3.8) is 0 Å². The second-order valence-corrected chi connectivity index (χ2v) is 9.42. The fourth-order valence-electron chi connectivity index (χ4n) is 5.37. The molecule has 1 atom stereocenters. The lowest BCUT2D eigenvalue weighted by Crippen LogP contribution is -2.47. The summed E-state index contributed by atoms with van der Waals surface area (Å²) in [5.74, 6) is 0.285. The molecule has 0 spiro atoms. The van der Waals surface area contributed by atoms with Gasteiger partial charge in [0.2, 0.25) is 11.8 Å². The van der Waals surface area contributed by atoms with Gasteiger partial charge in [-0.2, -0.15) is 0 Å². The quantitative estimate of drug-likeness (QED) is 0.617. The maximum Gasteiger partial charge on any atom is 0.243 e. The molecule has 6 heteroatoms. The van der Waals surface area contributed by atoms with Crippen LogP contribution in [0.5, 0.6) is 0 Å². The van der Waals surface area contributed by atoms with Crippen molar-refractivity contribution in [2.75, 3.05) is 6.54 Å². The SMILES string of the molecule is O=C(NCc1cccc(Cn2cnc3ccccc32)c1)C1CCCN1C(=O)C1CCCCC1. The van der Waals surface area contributed by atoms with Gasteiger partial charge in [-0.15, -0.1) is 0 Å². The van der Waals surface area contributed by atoms with Gasteiger partial charge < -0.3 is 14.8 Å². The molecule has 33 heavy (non-hydrogen) atoms. The molecule has 1 N–H and O–H groups in total. The molecule has 0 radical (unpaired) electrons. The van der Waals surface area contributed by atoms with Gasteiger partial charge in [-0.05, 0) is 48.9 Å². The molecule has 172 valence electrons. The molecule has 1 aromatic heterocycles. The number of aromatic nitrogens is 2. The average Bonchev–Trinajstić information content (AvgIpc) is 3.51. The number of rotatable bonds is 6. The molecule has 2 aromatic carbocycles. The third-order valence-corrected chi connectivity index (χ3v) is 7.13. The number of nitrogens with one attached hydrogen (secondary N) is 1. The van der Waals surface area contributed by atoms with E-state index in [1.807, 2.05) is 41.6 Å². The number of benzene rings is 2. The molecule has 2 amide bonds. The van der Waals surface area contributed by atoms with Crippen LogP contribution in [0.2, 0.25) is 0 Å². The highest BCUT2D eigenvalue weighted by atomic mass is 16.2. The standard InChI is InChI=1S/C27H32N4O2/c32-26(25-14-7-15-31(25)27(33)22-10-2-1-3-11-22)28-17-20-8-6-9-21(16-20)18-30-19-29-23-12-4-5-13-24(23)30/h4-6,8-9,12-13,16,19,22,25H,1-3,7,10-11,14-15,17-18H2,(H,28,32). The second kappa shape index (κ2) is 9.77. The van der Waals surface area contributed by atoms with E-state index in [1.165, 1.54) is 12.0 Å². The first kappa shape index (κ1) is 21.7. The van der Waals surface area contributed by atoms with Crippen LogP contribution in [0.1, 0.15) is 56.1 Å². The summed E-state index contributed by atoms with van der Waals surface area (Å²) in [6.07, 6.45) is 8.98. The first-order chi connectivity index (χ1) is 16.2. The van der Waals surface area contributed by atoms with Crippen LogP contribution >= 0.6 is 0 Å². The second-order valence-electron chi connectivity index (χ2n) is 9.42. The molecule has 1 saturated carbocycles. The Kier molecular flexibility index (Phi) is 6.42. The van der Waals surface area contributed by atoms with Gasteiger partial charge in [0.15, 0.2) is 0 Å². The largest absolute Gasteiger partial charge is 0.350 e. The van der Waals surface area contributed by atoms with Crippen LogP contribution < -0.4 is 5.32 Å². The highest BCUT2D eigenvalue weighted by molar-refractivity contribution is 5.89. The van der Waals surface area contributed by atoms with Crippen molar-refractivity contribution in [1.82, 2.24) is 19.8 Å². The van der Waals surface area contributed by atoms with E-state index in [0.29, 0.717) is 13.1 Å². The third kappa shape index (κ3) is 4.80. The minimum absolute atomic E-state index is 0.0253. The highest BCUT2D eigenvalue weighted by Crippen LogP contribution is 2.29. The molecular weight excluding hydrogens is 412 g/mol. The Morgan fingerprint density at radius 1 is 0.939 bits per heavy atom. The zero-order chi connectivity index (χ0) is 22.6. The maximum atomic E-state index is 13.0. The Balaban J connectivity index is 1.20. The molecule has 6 nitrogen and oxygen atoms in total. The monoisotopic (exact) mass is 444 g/mol. The van der Waals surface area contributed by atoms with Crippen molar-refractivity contribution >= 4 is 22.8 Å². The van der Waals surface area contributed by atoms with Gasteiger partial charge in [0.05, 0.1) is 17.4 Å². The lowest BCUT2D eigenvalue weighted by atomic mass is 9.88. The summed E-state index contributed by atoms with van der Waals surface area (Å²) in [5.41, 5.74) is 4.33. The zero-order valence-electron chi connectivity index (χ0n) is 19.1. The van der Waals surface area contributed by atoms with Gasteiger partial charge in [0.1, 0.15) is 6.04 Å². The molecule has 1 aliphatic heterocycles. The van der Waals surface area contributed by atoms with E-state index in [-0.39, 0.29) is 23.8 Å². The van der Waals surface area contributed by atoms with Crippen molar-refractivity contribution in [1.29, 1.82) is 0 Å². The molecular formula is C27H32N4O2. The topological polar surface area (TPSA) is 67.2 Å². The van der Waals surface area contributed by atoms with Crippen LogP contribution in [0, 0.1) is 5.92 Å². The van der Waals surface area contributed by atoms with Gasteiger partial charge in [-0.1, -0.05) is 55.7 Å². The number of hydrogen-bond acceptors (Lipinski definition) is 3. The van der Waals surface area contributed by atoms with Crippen LogP contribution in [-0.4, -0.2) is 38.9 Å². The van der Waals surface area contributed by atoms with E-state index >= 15 is 0 Å². The van der Waals surface area contributed by atoms with Gasteiger partial charge in [0, 0.05) is 25.6 Å². The predicted octanol–water partition coefficient (Wildman–Crippen LogP) is 4.27. The van der Waals surface area contributed by atoms with Crippen molar-refractivity contribution in [2.45, 2.75) is 64.1 Å². The summed E-state index contributed by atoms with van der Waals surface area (Å²) >= 11 is 0. The summed E-state index contributed by atoms with van der Waals surface area (Å²) in [7, 11) is 0. The van der Waals surface area contributed by atoms with Crippen LogP contribution in [0.15, 0.2) is 54.9 Å². The van der Waals surface area contributed by atoms with Gasteiger partial charge >= 0.3 is 0 Å². The zero-order valence-corrected chi connectivity index (χ0v) is 19.1. The van der Waals surface area contributed by atoms with Crippen molar-refractivity contribution in [3.8, 4) is 0 Å². The van der Waals surface area contributed by atoms with Crippen LogP contribution in [0.3, 0.4) is 0 Å². The summed E-state index contributed by atoms with van der Waals surface area (Å²) < 4.78 is 2.14. The van der Waals surface area contributed by atoms with E-state index in [1.54, 1.807) is 0 Å². The third-order valence-electron chi connectivity index (χ3n) is 7.13. The number of nitrogens with zero attached hydrogens (tertiary/aromatic N) is 3. The van der Waals surface area contributed by atoms with E-state index in [0.717, 1.165) is 61.7 Å². The van der Waals surface area contributed by atoms with E-state index in [9.17, 15) is 9.59 Å². The Bertz CT molecular complexity index is 1130. The number of carbonyl (C=O) groups excluding carboxylic acids is 2. The lowest BCUT2D eigenvalue weighted by Gasteiger charge is -2.30. The number of hydrogen-bond donors (Lipinski definition) is 1. The number of amides is 2. The normalized spacial score (nSPS) is 19.2. The molecule has 2 aliphatic rings. The minimum Gasteiger partial charge on any atom is -0.350 e. The van der Waals surface area contributed by atoms with Crippen LogP contribution in [-0.2, 0) is 22.7 Å². The molecule has 2 heterocycles. The predicted molar refractivity (Wildman–Crippen MR) is 128 cm³/mol. The summed E-state index contributed by atoms with van der Waals surface area (Å²) in [4.78, 5) is 32.3. The Labute approximate surface area is 195 Å². The highest BCUT2D eigenvalue weighted by Gasteiger charge is 2.37. The first-order valence-corrected chi connectivity index (χ1v) is 12.2. The number of para-hydroxylation sites is 2. The van der Waals surface area contributed by atoms with Gasteiger partial charge in [-0.25, -0.2) is 4.98 Å². The first-order valence-electron chi connectivity index (χ1n) is 12.2. The Hall–Kier alpha value is -3.15. The number of carbonyl (C=O) groups is 2. The molecule has 1 saturated heterocycles. The van der Waals surface area contributed by atoms with Crippen molar-refractivity contribution in [2.24, 2.45) is 5.92 Å². The summed E-state index contributed by atoms with van der Waals surface area (Å²) in [6.45, 7) is 1.91. The smallest absolute Gasteiger partial charge is 0.243 e. The Morgan fingerprint density at radius 3 is 2.64 bits per heavy atom. The molecule has 1 aliphatic carbocycles. The molecule has 1 unspecified atom stereocenters. The molecule has 2 fully saturated rings. The number of likely N-dealkylation sites (tertiary alicyclic amines) is 1.